The lowest BCUT2D eigenvalue weighted by atomic mass is 10.1. The van der Waals surface area contributed by atoms with Crippen molar-refractivity contribution in [3.63, 3.8) is 0 Å². The van der Waals surface area contributed by atoms with Crippen LogP contribution in [-0.2, 0) is 14.3 Å². The summed E-state index contributed by atoms with van der Waals surface area (Å²) < 4.78 is 4.64. The molecular formula is C9H14N2O3. The van der Waals surface area contributed by atoms with E-state index in [2.05, 4.69) is 10.1 Å². The molecule has 2 heterocycles. The average molecular weight is 198 g/mol. The molecule has 0 aliphatic carbocycles. The second kappa shape index (κ2) is 3.96. The van der Waals surface area contributed by atoms with Crippen molar-refractivity contribution in [3.05, 3.63) is 0 Å². The van der Waals surface area contributed by atoms with Gasteiger partial charge in [-0.2, -0.15) is 0 Å². The molecule has 1 N–H and O–H groups in total. The Hall–Kier alpha value is -1.10. The molecule has 2 saturated heterocycles. The molecule has 1 unspecified atom stereocenters. The minimum atomic E-state index is -0.296. The van der Waals surface area contributed by atoms with Crippen molar-refractivity contribution < 1.29 is 14.3 Å². The van der Waals surface area contributed by atoms with Gasteiger partial charge in [-0.3, -0.25) is 9.59 Å². The molecule has 1 atom stereocenters. The summed E-state index contributed by atoms with van der Waals surface area (Å²) in [5.41, 5.74) is 0. The average Bonchev–Trinajstić information content (AvgIpc) is 2.64. The Labute approximate surface area is 82.4 Å². The van der Waals surface area contributed by atoms with E-state index in [4.69, 9.17) is 0 Å². The van der Waals surface area contributed by atoms with Crippen LogP contribution in [-0.4, -0.2) is 49.6 Å². The van der Waals surface area contributed by atoms with Crippen LogP contribution in [0.4, 0.5) is 0 Å². The summed E-state index contributed by atoms with van der Waals surface area (Å²) in [6.07, 6.45) is 1.08. The number of nitrogens with zero attached hydrogens (tertiary/aromatic N) is 1. The zero-order valence-corrected chi connectivity index (χ0v) is 7.99. The first kappa shape index (κ1) is 9.45. The van der Waals surface area contributed by atoms with E-state index in [0.29, 0.717) is 12.5 Å². The van der Waals surface area contributed by atoms with E-state index in [1.165, 1.54) is 0 Å². The zero-order valence-electron chi connectivity index (χ0n) is 7.99. The van der Waals surface area contributed by atoms with Crippen molar-refractivity contribution in [1.29, 1.82) is 0 Å². The third-order valence-corrected chi connectivity index (χ3v) is 2.67. The highest BCUT2D eigenvalue weighted by molar-refractivity contribution is 5.88. The van der Waals surface area contributed by atoms with Crippen LogP contribution in [0.5, 0.6) is 0 Å². The van der Waals surface area contributed by atoms with Crippen molar-refractivity contribution in [2.24, 2.45) is 5.92 Å². The largest absolute Gasteiger partial charge is 0.454 e. The van der Waals surface area contributed by atoms with Gasteiger partial charge < -0.3 is 15.0 Å². The highest BCUT2D eigenvalue weighted by Crippen LogP contribution is 2.11. The van der Waals surface area contributed by atoms with E-state index in [1.807, 2.05) is 0 Å². The number of hydrogen-bond donors (Lipinski definition) is 1. The molecule has 0 spiro atoms. The first-order valence-corrected chi connectivity index (χ1v) is 4.90. The maximum Gasteiger partial charge on any atom is 0.326 e. The highest BCUT2D eigenvalue weighted by Gasteiger charge is 2.27. The first-order valence-electron chi connectivity index (χ1n) is 4.90. The number of amides is 1. The van der Waals surface area contributed by atoms with Crippen LogP contribution in [0.1, 0.15) is 6.42 Å². The molecule has 5 nitrogen and oxygen atoms in total. The van der Waals surface area contributed by atoms with Crippen molar-refractivity contribution in [2.45, 2.75) is 6.42 Å². The molecule has 0 aromatic rings. The molecule has 2 aliphatic rings. The van der Waals surface area contributed by atoms with Crippen LogP contribution in [0.25, 0.3) is 0 Å². The maximum absolute atomic E-state index is 11.4. The quantitative estimate of drug-likeness (QED) is 0.577. The van der Waals surface area contributed by atoms with Crippen LogP contribution in [0.15, 0.2) is 0 Å². The number of esters is 1. The molecule has 0 aromatic heterocycles. The molecular weight excluding hydrogens is 184 g/mol. The monoisotopic (exact) mass is 198 g/mol. The minimum absolute atomic E-state index is 0.0727. The Morgan fingerprint density at radius 3 is 3.07 bits per heavy atom. The second-order valence-corrected chi connectivity index (χ2v) is 3.79. The van der Waals surface area contributed by atoms with Crippen LogP contribution in [0.2, 0.25) is 0 Å². The Bertz CT molecular complexity index is 248. The van der Waals surface area contributed by atoms with Gasteiger partial charge in [0.15, 0.2) is 6.61 Å². The number of carbonyl (C=O) groups is 2. The van der Waals surface area contributed by atoms with Gasteiger partial charge in [-0.15, -0.1) is 0 Å². The van der Waals surface area contributed by atoms with Crippen LogP contribution < -0.4 is 5.32 Å². The zero-order chi connectivity index (χ0) is 9.97. The number of hydrogen-bond acceptors (Lipinski definition) is 4. The molecule has 5 heteroatoms. The van der Waals surface area contributed by atoms with Gasteiger partial charge in [0.05, 0.1) is 0 Å². The molecule has 78 valence electrons. The molecule has 2 aliphatic heterocycles. The number of rotatable bonds is 2. The van der Waals surface area contributed by atoms with Crippen molar-refractivity contribution in [3.8, 4) is 0 Å². The van der Waals surface area contributed by atoms with Gasteiger partial charge in [0.2, 0.25) is 0 Å². The molecule has 0 bridgehead atoms. The Kier molecular flexibility index (Phi) is 2.67. The van der Waals surface area contributed by atoms with Crippen molar-refractivity contribution >= 4 is 11.9 Å². The van der Waals surface area contributed by atoms with Gasteiger partial charge in [-0.05, 0) is 25.4 Å². The normalized spacial score (nSPS) is 28.0. The van der Waals surface area contributed by atoms with Crippen LogP contribution in [0.3, 0.4) is 0 Å². The van der Waals surface area contributed by atoms with Gasteiger partial charge in [0.1, 0.15) is 6.54 Å². The number of morpholine rings is 1. The summed E-state index contributed by atoms with van der Waals surface area (Å²) in [6.45, 7) is 2.67. The highest BCUT2D eigenvalue weighted by atomic mass is 16.5. The third-order valence-electron chi connectivity index (χ3n) is 2.67. The van der Waals surface area contributed by atoms with Crippen molar-refractivity contribution in [2.75, 3.05) is 32.8 Å². The Morgan fingerprint density at radius 2 is 2.36 bits per heavy atom. The fourth-order valence-corrected chi connectivity index (χ4v) is 1.87. The smallest absolute Gasteiger partial charge is 0.326 e. The predicted octanol–water partition coefficient (Wildman–Crippen LogP) is -1.02. The van der Waals surface area contributed by atoms with E-state index in [-0.39, 0.29) is 25.0 Å². The Balaban J connectivity index is 1.88. The topological polar surface area (TPSA) is 58.6 Å². The molecule has 2 rings (SSSR count). The van der Waals surface area contributed by atoms with Crippen LogP contribution in [0, 0.1) is 5.92 Å². The summed E-state index contributed by atoms with van der Waals surface area (Å²) in [5, 5.41) is 3.23. The summed E-state index contributed by atoms with van der Waals surface area (Å²) in [5.74, 6) is 0.122. The van der Waals surface area contributed by atoms with Gasteiger partial charge in [0, 0.05) is 6.54 Å². The number of nitrogens with one attached hydrogen (secondary N) is 1. The van der Waals surface area contributed by atoms with E-state index < -0.39 is 0 Å². The number of carbonyl (C=O) groups excluding carboxylic acids is 2. The second-order valence-electron chi connectivity index (χ2n) is 3.79. The van der Waals surface area contributed by atoms with E-state index >= 15 is 0 Å². The van der Waals surface area contributed by atoms with Gasteiger partial charge >= 0.3 is 5.97 Å². The molecule has 14 heavy (non-hydrogen) atoms. The maximum atomic E-state index is 11.4. The fraction of sp³-hybridized carbons (Fsp3) is 0.778. The van der Waals surface area contributed by atoms with Crippen molar-refractivity contribution in [1.82, 2.24) is 10.2 Å². The summed E-state index contributed by atoms with van der Waals surface area (Å²) in [7, 11) is 0. The molecule has 0 radical (unpaired) electrons. The summed E-state index contributed by atoms with van der Waals surface area (Å²) >= 11 is 0. The van der Waals surface area contributed by atoms with Gasteiger partial charge in [0.25, 0.3) is 5.91 Å². The molecule has 2 fully saturated rings. The summed E-state index contributed by atoms with van der Waals surface area (Å²) in [4.78, 5) is 23.9. The predicted molar refractivity (Wildman–Crippen MR) is 48.5 cm³/mol. The van der Waals surface area contributed by atoms with Gasteiger partial charge in [-0.1, -0.05) is 0 Å². The fourth-order valence-electron chi connectivity index (χ4n) is 1.87. The van der Waals surface area contributed by atoms with E-state index in [1.54, 1.807) is 4.90 Å². The molecule has 0 aromatic carbocycles. The van der Waals surface area contributed by atoms with Crippen LogP contribution >= 0.6 is 0 Å². The lowest BCUT2D eigenvalue weighted by Crippen LogP contribution is -2.46. The third kappa shape index (κ3) is 2.04. The van der Waals surface area contributed by atoms with Gasteiger partial charge in [-0.25, -0.2) is 0 Å². The standard InChI is InChI=1S/C9H14N2O3/c12-8-6-14-9(13)5-11(8)4-7-1-2-10-3-7/h7,10H,1-6H2. The van der Waals surface area contributed by atoms with E-state index in [0.717, 1.165) is 19.5 Å². The summed E-state index contributed by atoms with van der Waals surface area (Å²) in [6, 6.07) is 0. The molecule has 1 amide bonds. The number of cyclic esters (lactones) is 1. The Morgan fingerprint density at radius 1 is 1.50 bits per heavy atom. The lowest BCUT2D eigenvalue weighted by molar-refractivity contribution is -0.162. The SMILES string of the molecule is O=C1CN(CC2CCNC2)C(=O)CO1. The first-order chi connectivity index (χ1) is 6.75. The number of ether oxygens (including phenoxy) is 1. The lowest BCUT2D eigenvalue weighted by Gasteiger charge is -2.27. The minimum Gasteiger partial charge on any atom is -0.454 e. The van der Waals surface area contributed by atoms with E-state index in [9.17, 15) is 9.59 Å². The molecule has 0 saturated carbocycles.